The summed E-state index contributed by atoms with van der Waals surface area (Å²) in [6.07, 6.45) is 0.766. The van der Waals surface area contributed by atoms with E-state index in [9.17, 15) is 8.42 Å². The first kappa shape index (κ1) is 9.73. The molecule has 0 aliphatic carbocycles. The van der Waals surface area contributed by atoms with E-state index >= 15 is 0 Å². The second-order valence-electron chi connectivity index (χ2n) is 2.46. The Morgan fingerprint density at radius 2 is 1.85 bits per heavy atom. The molecule has 1 rings (SSSR count). The van der Waals surface area contributed by atoms with E-state index < -0.39 is 10.0 Å². The van der Waals surface area contributed by atoms with Crippen LogP contribution in [0.5, 0.6) is 0 Å². The Hall–Kier alpha value is -1.36. The zero-order valence-electron chi connectivity index (χ0n) is 7.14. The lowest BCUT2D eigenvalue weighted by atomic mass is 10.4. The fourth-order valence-electron chi connectivity index (χ4n) is 0.828. The van der Waals surface area contributed by atoms with Gasteiger partial charge in [-0.05, 0) is 12.1 Å². The van der Waals surface area contributed by atoms with E-state index in [1.165, 1.54) is 19.2 Å². The number of rotatable bonds is 3. The van der Waals surface area contributed by atoms with Crippen molar-refractivity contribution in [1.29, 1.82) is 5.41 Å². The smallest absolute Gasteiger partial charge is 0.264 e. The summed E-state index contributed by atoms with van der Waals surface area (Å²) in [6.45, 7) is 0. The molecule has 0 aromatic heterocycles. The highest BCUT2D eigenvalue weighted by molar-refractivity contribution is 7.89. The first-order valence-corrected chi connectivity index (χ1v) is 5.06. The van der Waals surface area contributed by atoms with Crippen molar-refractivity contribution in [3.05, 3.63) is 30.3 Å². The first-order chi connectivity index (χ1) is 6.09. The predicted octanol–water partition coefficient (Wildman–Crippen LogP) is 0.914. The Morgan fingerprint density at radius 1 is 1.31 bits per heavy atom. The summed E-state index contributed by atoms with van der Waals surface area (Å²) >= 11 is 0. The molecule has 0 radical (unpaired) electrons. The third-order valence-corrected chi connectivity index (χ3v) is 3.33. The topological polar surface area (TPSA) is 61.2 Å². The van der Waals surface area contributed by atoms with Gasteiger partial charge in [-0.1, -0.05) is 18.2 Å². The second-order valence-corrected chi connectivity index (χ2v) is 4.46. The fourth-order valence-corrected chi connectivity index (χ4v) is 1.80. The quantitative estimate of drug-likeness (QED) is 0.579. The maximum atomic E-state index is 11.5. The van der Waals surface area contributed by atoms with Gasteiger partial charge in [0.05, 0.1) is 11.2 Å². The minimum absolute atomic E-state index is 0.195. The van der Waals surface area contributed by atoms with Crippen molar-refractivity contribution in [2.24, 2.45) is 0 Å². The summed E-state index contributed by atoms with van der Waals surface area (Å²) in [5, 5.41) is 6.84. The number of hydrogen-bond donors (Lipinski definition) is 1. The largest absolute Gasteiger partial charge is 0.290 e. The van der Waals surface area contributed by atoms with E-state index in [2.05, 4.69) is 0 Å². The molecule has 0 amide bonds. The van der Waals surface area contributed by atoms with Crippen molar-refractivity contribution in [1.82, 2.24) is 4.31 Å². The van der Waals surface area contributed by atoms with Crippen LogP contribution in [-0.2, 0) is 10.0 Å². The van der Waals surface area contributed by atoms with Gasteiger partial charge in [0, 0.05) is 7.05 Å². The summed E-state index contributed by atoms with van der Waals surface area (Å²) < 4.78 is 23.9. The molecular weight excluding hydrogens is 188 g/mol. The summed E-state index contributed by atoms with van der Waals surface area (Å²) in [6, 6.07) is 8.02. The van der Waals surface area contributed by atoms with Crippen LogP contribution in [0, 0.1) is 5.41 Å². The van der Waals surface area contributed by atoms with Gasteiger partial charge < -0.3 is 0 Å². The Balaban J connectivity index is 3.16. The van der Waals surface area contributed by atoms with E-state index in [4.69, 9.17) is 5.41 Å². The zero-order chi connectivity index (χ0) is 9.90. The summed E-state index contributed by atoms with van der Waals surface area (Å²) in [7, 11) is -2.17. The molecule has 5 heteroatoms. The van der Waals surface area contributed by atoms with Gasteiger partial charge in [-0.2, -0.15) is 0 Å². The van der Waals surface area contributed by atoms with E-state index in [0.29, 0.717) is 0 Å². The van der Waals surface area contributed by atoms with Crippen LogP contribution in [-0.4, -0.2) is 26.1 Å². The molecule has 0 fully saturated rings. The van der Waals surface area contributed by atoms with Crippen LogP contribution in [0.15, 0.2) is 35.2 Å². The Labute approximate surface area is 77.4 Å². The van der Waals surface area contributed by atoms with Crippen molar-refractivity contribution in [2.75, 3.05) is 7.05 Å². The average Bonchev–Trinajstić information content (AvgIpc) is 2.18. The van der Waals surface area contributed by atoms with E-state index in [-0.39, 0.29) is 4.90 Å². The Bertz CT molecular complexity index is 386. The van der Waals surface area contributed by atoms with Gasteiger partial charge in [-0.3, -0.25) is 9.71 Å². The highest BCUT2D eigenvalue weighted by Gasteiger charge is 2.16. The molecule has 0 unspecified atom stereocenters. The molecule has 0 saturated carbocycles. The number of nitrogens with zero attached hydrogens (tertiary/aromatic N) is 1. The molecule has 0 bridgehead atoms. The molecule has 0 aliphatic heterocycles. The van der Waals surface area contributed by atoms with E-state index in [1.807, 2.05) is 0 Å². The zero-order valence-corrected chi connectivity index (χ0v) is 7.95. The van der Waals surface area contributed by atoms with Crippen molar-refractivity contribution < 1.29 is 8.42 Å². The minimum atomic E-state index is -3.50. The van der Waals surface area contributed by atoms with Gasteiger partial charge in [-0.25, -0.2) is 8.42 Å². The van der Waals surface area contributed by atoms with E-state index in [1.54, 1.807) is 18.2 Å². The molecule has 13 heavy (non-hydrogen) atoms. The molecule has 0 aliphatic rings. The summed E-state index contributed by atoms with van der Waals surface area (Å²) in [5.74, 6) is 0. The van der Waals surface area contributed by atoms with E-state index in [0.717, 1.165) is 10.6 Å². The van der Waals surface area contributed by atoms with Crippen molar-refractivity contribution in [3.8, 4) is 0 Å². The highest BCUT2D eigenvalue weighted by atomic mass is 32.2. The molecule has 0 saturated heterocycles. The SMILES string of the molecule is CN(C=N)S(=O)(=O)c1ccccc1. The predicted molar refractivity (Wildman–Crippen MR) is 50.2 cm³/mol. The standard InChI is InChI=1S/C8H10N2O2S/c1-10(7-9)13(11,12)8-5-3-2-4-6-8/h2-7,9H,1H3. The lowest BCUT2D eigenvalue weighted by Gasteiger charge is -2.12. The lowest BCUT2D eigenvalue weighted by molar-refractivity contribution is 0.555. The second kappa shape index (κ2) is 3.57. The van der Waals surface area contributed by atoms with Gasteiger partial charge in [0.25, 0.3) is 10.0 Å². The van der Waals surface area contributed by atoms with Crippen LogP contribution >= 0.6 is 0 Å². The van der Waals surface area contributed by atoms with Crippen LogP contribution in [0.1, 0.15) is 0 Å². The van der Waals surface area contributed by atoms with Crippen LogP contribution < -0.4 is 0 Å². The molecule has 70 valence electrons. The third kappa shape index (κ3) is 1.86. The fraction of sp³-hybridized carbons (Fsp3) is 0.125. The van der Waals surface area contributed by atoms with Crippen molar-refractivity contribution >= 4 is 16.4 Å². The van der Waals surface area contributed by atoms with Gasteiger partial charge in [0.1, 0.15) is 0 Å². The molecule has 1 aromatic carbocycles. The maximum Gasteiger partial charge on any atom is 0.264 e. The van der Waals surface area contributed by atoms with Gasteiger partial charge >= 0.3 is 0 Å². The third-order valence-electron chi connectivity index (χ3n) is 1.60. The van der Waals surface area contributed by atoms with Crippen LogP contribution in [0.3, 0.4) is 0 Å². The molecule has 0 spiro atoms. The van der Waals surface area contributed by atoms with Crippen LogP contribution in [0.2, 0.25) is 0 Å². The van der Waals surface area contributed by atoms with Gasteiger partial charge in [-0.15, -0.1) is 0 Å². The highest BCUT2D eigenvalue weighted by Crippen LogP contribution is 2.11. The summed E-state index contributed by atoms with van der Waals surface area (Å²) in [4.78, 5) is 0.195. The van der Waals surface area contributed by atoms with Crippen molar-refractivity contribution in [3.63, 3.8) is 0 Å². The molecular formula is C8H10N2O2S. The number of nitrogens with one attached hydrogen (secondary N) is 1. The molecule has 0 atom stereocenters. The first-order valence-electron chi connectivity index (χ1n) is 3.62. The van der Waals surface area contributed by atoms with Crippen molar-refractivity contribution in [2.45, 2.75) is 4.90 Å². The normalized spacial score (nSPS) is 10.8. The lowest BCUT2D eigenvalue weighted by Crippen LogP contribution is -2.24. The van der Waals surface area contributed by atoms with Gasteiger partial charge in [0.15, 0.2) is 0 Å². The number of hydrogen-bond acceptors (Lipinski definition) is 3. The monoisotopic (exact) mass is 198 g/mol. The number of sulfonamides is 1. The molecule has 0 heterocycles. The average molecular weight is 198 g/mol. The molecule has 4 nitrogen and oxygen atoms in total. The van der Waals surface area contributed by atoms with Crippen LogP contribution in [0.4, 0.5) is 0 Å². The molecule has 1 aromatic rings. The maximum absolute atomic E-state index is 11.5. The Kier molecular flexibility index (Phi) is 2.67. The number of benzene rings is 1. The van der Waals surface area contributed by atoms with Gasteiger partial charge in [0.2, 0.25) is 0 Å². The minimum Gasteiger partial charge on any atom is -0.290 e. The molecule has 1 N–H and O–H groups in total. The van der Waals surface area contributed by atoms with Crippen LogP contribution in [0.25, 0.3) is 0 Å². The Morgan fingerprint density at radius 3 is 2.31 bits per heavy atom. The summed E-state index contributed by atoms with van der Waals surface area (Å²) in [5.41, 5.74) is 0.